The third-order valence-corrected chi connectivity index (χ3v) is 9.04. The number of H-pyrrole nitrogens is 1. The Hall–Kier alpha value is -3.73. The number of rotatable bonds is 7. The van der Waals surface area contributed by atoms with Crippen LogP contribution in [0.2, 0.25) is 0 Å². The van der Waals surface area contributed by atoms with E-state index in [1.165, 1.54) is 13.2 Å². The highest BCUT2D eigenvalue weighted by Crippen LogP contribution is 2.58. The van der Waals surface area contributed by atoms with Crippen LogP contribution in [0.15, 0.2) is 36.7 Å². The zero-order valence-electron chi connectivity index (χ0n) is 24.7. The maximum atomic E-state index is 15.2. The molecule has 2 fully saturated rings. The number of amides is 1. The Bertz CT molecular complexity index is 1410. The first kappa shape index (κ1) is 28.8. The average Bonchev–Trinajstić information content (AvgIpc) is 3.50. The number of carbonyl (C=O) groups is 1. The predicted octanol–water partition coefficient (Wildman–Crippen LogP) is 5.82. The fourth-order valence-electron chi connectivity index (χ4n) is 7.60. The second-order valence-corrected chi connectivity index (χ2v) is 12.8. The van der Waals surface area contributed by atoms with E-state index in [1.807, 2.05) is 13.1 Å². The van der Waals surface area contributed by atoms with Crippen LogP contribution in [-0.4, -0.2) is 74.6 Å². The first-order valence-corrected chi connectivity index (χ1v) is 13.8. The number of carboxylic acid groups (broad SMARTS) is 1. The molecule has 2 aliphatic rings. The van der Waals surface area contributed by atoms with Crippen molar-refractivity contribution in [3.63, 3.8) is 0 Å². The van der Waals surface area contributed by atoms with Gasteiger partial charge in [0.2, 0.25) is 0 Å². The van der Waals surface area contributed by atoms with E-state index < -0.39 is 23.0 Å². The number of anilines is 1. The third kappa shape index (κ3) is 4.90. The van der Waals surface area contributed by atoms with Crippen molar-refractivity contribution in [1.29, 1.82) is 0 Å². The maximum Gasteiger partial charge on any atom is 0.408 e. The van der Waals surface area contributed by atoms with Gasteiger partial charge < -0.3 is 19.5 Å². The Labute approximate surface area is 239 Å². The van der Waals surface area contributed by atoms with E-state index in [9.17, 15) is 9.90 Å². The molecular weight excluding hydrogens is 527 g/mol. The number of aromatic nitrogens is 4. The van der Waals surface area contributed by atoms with E-state index in [1.54, 1.807) is 29.4 Å². The largest absolute Gasteiger partial charge is 0.467 e. The van der Waals surface area contributed by atoms with Gasteiger partial charge in [-0.25, -0.2) is 9.18 Å². The van der Waals surface area contributed by atoms with E-state index in [4.69, 9.17) is 9.47 Å². The van der Waals surface area contributed by atoms with Crippen molar-refractivity contribution >= 4 is 11.9 Å². The van der Waals surface area contributed by atoms with Crippen LogP contribution in [0.25, 0.3) is 22.4 Å². The molecule has 41 heavy (non-hydrogen) atoms. The van der Waals surface area contributed by atoms with Gasteiger partial charge in [0.1, 0.15) is 11.6 Å². The highest BCUT2D eigenvalue weighted by Gasteiger charge is 2.65. The van der Waals surface area contributed by atoms with Gasteiger partial charge in [0, 0.05) is 60.1 Å². The van der Waals surface area contributed by atoms with Crippen molar-refractivity contribution < 1.29 is 23.8 Å². The topological polar surface area (TPSA) is 117 Å². The van der Waals surface area contributed by atoms with Crippen molar-refractivity contribution in [2.75, 3.05) is 25.9 Å². The lowest BCUT2D eigenvalue weighted by Crippen LogP contribution is -2.69. The summed E-state index contributed by atoms with van der Waals surface area (Å²) in [5.41, 5.74) is 0.713. The van der Waals surface area contributed by atoms with E-state index in [-0.39, 0.29) is 24.2 Å². The number of hydrogen-bond acceptors (Lipinski definition) is 7. The van der Waals surface area contributed by atoms with Gasteiger partial charge in [-0.3, -0.25) is 10.00 Å². The molecule has 0 aliphatic carbocycles. The minimum absolute atomic E-state index is 0.0154. The normalized spacial score (nSPS) is 25.8. The van der Waals surface area contributed by atoms with Crippen molar-refractivity contribution in [1.82, 2.24) is 25.3 Å². The highest BCUT2D eigenvalue weighted by molar-refractivity contribution is 5.75. The van der Waals surface area contributed by atoms with Gasteiger partial charge in [0.15, 0.2) is 12.6 Å². The summed E-state index contributed by atoms with van der Waals surface area (Å²) in [5.74, 6) is 0.681. The summed E-state index contributed by atoms with van der Waals surface area (Å²) in [6.45, 7) is 10.7. The number of halogens is 1. The van der Waals surface area contributed by atoms with E-state index in [2.05, 4.69) is 59.9 Å². The van der Waals surface area contributed by atoms with Crippen LogP contribution in [0.3, 0.4) is 0 Å². The van der Waals surface area contributed by atoms with E-state index in [0.717, 1.165) is 12.8 Å². The van der Waals surface area contributed by atoms with Crippen LogP contribution in [0.5, 0.6) is 5.75 Å². The number of methoxy groups -OCH3 is 1. The Balaban J connectivity index is 1.49. The van der Waals surface area contributed by atoms with Gasteiger partial charge in [-0.2, -0.15) is 5.10 Å². The molecule has 1 unspecified atom stereocenters. The van der Waals surface area contributed by atoms with Gasteiger partial charge in [-0.1, -0.05) is 20.8 Å². The van der Waals surface area contributed by atoms with E-state index in [0.29, 0.717) is 40.4 Å². The number of hydrogen-bond donors (Lipinski definition) is 2. The molecule has 0 saturated carbocycles. The van der Waals surface area contributed by atoms with Crippen LogP contribution in [0, 0.1) is 17.2 Å². The molecule has 0 spiro atoms. The minimum Gasteiger partial charge on any atom is -0.467 e. The van der Waals surface area contributed by atoms with Gasteiger partial charge in [-0.05, 0) is 62.8 Å². The molecule has 0 radical (unpaired) electrons. The smallest absolute Gasteiger partial charge is 0.408 e. The van der Waals surface area contributed by atoms with E-state index >= 15 is 4.39 Å². The standard InChI is InChI=1S/C30H39FN6O4/c1-28(2,3)26-23(14-29(4)10-11-30(26,5)37(29)27(38)39)36(6)25-9-8-22(34-35-25)20-12-21(31)19(18-15-32-33-16-18)13-24(20)41-17-40-7/h8-9,12-13,15-16,23,26H,10-11,14,17H2,1-7H3,(H,32,33)(H,38,39)/t23-,26?,29-,30+/m0/s1. The summed E-state index contributed by atoms with van der Waals surface area (Å²) >= 11 is 0. The SMILES string of the molecule is COCOc1cc(-c2cn[nH]c2)c(F)cc1-c1ccc(N(C)[C@H]2C[C@]3(C)CC[C@](C)(C2C(C)(C)C)N3C(=O)O)nn1. The fourth-order valence-corrected chi connectivity index (χ4v) is 7.60. The zero-order chi connectivity index (χ0) is 29.7. The molecule has 1 aromatic carbocycles. The Morgan fingerprint density at radius 1 is 1.22 bits per heavy atom. The van der Waals surface area contributed by atoms with Gasteiger partial charge in [0.25, 0.3) is 0 Å². The van der Waals surface area contributed by atoms with Gasteiger partial charge in [-0.15, -0.1) is 10.2 Å². The summed E-state index contributed by atoms with van der Waals surface area (Å²) in [4.78, 5) is 16.3. The molecule has 11 heteroatoms. The van der Waals surface area contributed by atoms with Crippen LogP contribution < -0.4 is 9.64 Å². The summed E-state index contributed by atoms with van der Waals surface area (Å²) < 4.78 is 26.1. The summed E-state index contributed by atoms with van der Waals surface area (Å²) in [5, 5.41) is 25.9. The second kappa shape index (κ2) is 10.3. The van der Waals surface area contributed by atoms with Gasteiger partial charge in [0.05, 0.1) is 11.9 Å². The number of nitrogens with one attached hydrogen (secondary N) is 1. The third-order valence-electron chi connectivity index (χ3n) is 9.04. The number of fused-ring (bicyclic) bond motifs is 2. The summed E-state index contributed by atoms with van der Waals surface area (Å²) in [7, 11) is 3.52. The lowest BCUT2D eigenvalue weighted by Gasteiger charge is -2.59. The molecule has 2 bridgehead atoms. The van der Waals surface area contributed by atoms with Crippen LogP contribution in [0.1, 0.15) is 53.9 Å². The molecule has 10 nitrogen and oxygen atoms in total. The quantitative estimate of drug-likeness (QED) is 0.344. The number of piperidine rings is 1. The fraction of sp³-hybridized carbons (Fsp3) is 0.533. The van der Waals surface area contributed by atoms with Crippen molar-refractivity contribution in [2.24, 2.45) is 11.3 Å². The Kier molecular flexibility index (Phi) is 7.21. The molecule has 220 valence electrons. The van der Waals surface area contributed by atoms with Crippen molar-refractivity contribution in [3.8, 4) is 28.1 Å². The van der Waals surface area contributed by atoms with Crippen molar-refractivity contribution in [2.45, 2.75) is 71.0 Å². The molecule has 4 heterocycles. The van der Waals surface area contributed by atoms with Crippen LogP contribution in [0.4, 0.5) is 15.0 Å². The molecule has 2 aliphatic heterocycles. The molecule has 3 aromatic rings. The minimum atomic E-state index is -0.857. The summed E-state index contributed by atoms with van der Waals surface area (Å²) in [6.07, 6.45) is 4.62. The monoisotopic (exact) mass is 566 g/mol. The van der Waals surface area contributed by atoms with Crippen LogP contribution in [-0.2, 0) is 4.74 Å². The molecule has 5 rings (SSSR count). The summed E-state index contributed by atoms with van der Waals surface area (Å²) in [6, 6.07) is 6.71. The van der Waals surface area contributed by atoms with Crippen LogP contribution >= 0.6 is 0 Å². The maximum absolute atomic E-state index is 15.2. The average molecular weight is 567 g/mol. The first-order valence-electron chi connectivity index (χ1n) is 13.8. The number of benzene rings is 1. The Morgan fingerprint density at radius 2 is 1.98 bits per heavy atom. The zero-order valence-corrected chi connectivity index (χ0v) is 24.7. The molecular formula is C30H39FN6O4. The predicted molar refractivity (Wildman–Crippen MR) is 153 cm³/mol. The second-order valence-electron chi connectivity index (χ2n) is 12.8. The Morgan fingerprint density at radius 3 is 2.56 bits per heavy atom. The molecule has 2 aromatic heterocycles. The molecule has 4 atom stereocenters. The molecule has 1 amide bonds. The number of aromatic amines is 1. The molecule has 2 saturated heterocycles. The first-order chi connectivity index (χ1) is 19.3. The lowest BCUT2D eigenvalue weighted by molar-refractivity contribution is -0.0615. The number of nitrogens with zero attached hydrogens (tertiary/aromatic N) is 5. The molecule has 2 N–H and O–H groups in total. The highest BCUT2D eigenvalue weighted by atomic mass is 19.1. The number of ether oxygens (including phenoxy) is 2. The van der Waals surface area contributed by atoms with Crippen molar-refractivity contribution in [3.05, 3.63) is 42.5 Å². The lowest BCUT2D eigenvalue weighted by atomic mass is 9.62. The van der Waals surface area contributed by atoms with Gasteiger partial charge >= 0.3 is 6.09 Å².